The number of ether oxygens (including phenoxy) is 1. The number of anilines is 1. The Balaban J connectivity index is 1.80. The van der Waals surface area contributed by atoms with Gasteiger partial charge in [-0.2, -0.15) is 0 Å². The maximum atomic E-state index is 12.7. The van der Waals surface area contributed by atoms with Gasteiger partial charge in [0.2, 0.25) is 0 Å². The van der Waals surface area contributed by atoms with E-state index in [4.69, 9.17) is 4.74 Å². The van der Waals surface area contributed by atoms with Gasteiger partial charge in [-0.05, 0) is 31.4 Å². The van der Waals surface area contributed by atoms with E-state index in [1.807, 2.05) is 18.2 Å². The molecule has 0 amide bonds. The fourth-order valence-electron chi connectivity index (χ4n) is 3.63. The zero-order valence-corrected chi connectivity index (χ0v) is 13.1. The molecule has 0 aromatic heterocycles. The molecule has 114 valence electrons. The molecule has 0 bridgehead atoms. The number of fused-ring (bicyclic) bond motifs is 1. The topological polar surface area (TPSA) is 29.5 Å². The summed E-state index contributed by atoms with van der Waals surface area (Å²) < 4.78 is 5.81. The Morgan fingerprint density at radius 3 is 2.95 bits per heavy atom. The first-order chi connectivity index (χ1) is 10.1. The van der Waals surface area contributed by atoms with Crippen molar-refractivity contribution in [3.05, 3.63) is 24.3 Å². The second kappa shape index (κ2) is 5.70. The van der Waals surface area contributed by atoms with Crippen LogP contribution in [0.4, 0.5) is 5.69 Å². The molecule has 21 heavy (non-hydrogen) atoms. The molecule has 0 N–H and O–H groups in total. The van der Waals surface area contributed by atoms with Gasteiger partial charge >= 0.3 is 0 Å². The van der Waals surface area contributed by atoms with Crippen LogP contribution < -0.4 is 9.64 Å². The van der Waals surface area contributed by atoms with Crippen molar-refractivity contribution in [3.63, 3.8) is 0 Å². The summed E-state index contributed by atoms with van der Waals surface area (Å²) in [5.74, 6) is 1.56. The Morgan fingerprint density at radius 1 is 1.29 bits per heavy atom. The summed E-state index contributed by atoms with van der Waals surface area (Å²) in [6.07, 6.45) is 4.23. The fraction of sp³-hybridized carbons (Fsp3) is 0.611. The highest BCUT2D eigenvalue weighted by atomic mass is 16.5. The van der Waals surface area contributed by atoms with Gasteiger partial charge in [-0.1, -0.05) is 32.4 Å². The lowest BCUT2D eigenvalue weighted by molar-refractivity contribution is -0.133. The van der Waals surface area contributed by atoms with Gasteiger partial charge in [0.15, 0.2) is 0 Å². The number of hydrogen-bond donors (Lipinski definition) is 0. The third-order valence-electron chi connectivity index (χ3n) is 4.87. The van der Waals surface area contributed by atoms with E-state index in [-0.39, 0.29) is 11.3 Å². The van der Waals surface area contributed by atoms with Gasteiger partial charge in [-0.3, -0.25) is 4.79 Å². The largest absolute Gasteiger partial charge is 0.491 e. The number of hydrogen-bond acceptors (Lipinski definition) is 3. The Kier molecular flexibility index (Phi) is 3.92. The minimum absolute atomic E-state index is 0.148. The van der Waals surface area contributed by atoms with E-state index in [0.717, 1.165) is 56.8 Å². The molecule has 1 aliphatic carbocycles. The summed E-state index contributed by atoms with van der Waals surface area (Å²) in [7, 11) is 0. The minimum Gasteiger partial charge on any atom is -0.491 e. The van der Waals surface area contributed by atoms with Gasteiger partial charge in [0.25, 0.3) is 0 Å². The standard InChI is InChI=1S/C18H25NO2/c1-18(2)10-5-7-14(17(18)20)13-19-11-6-12-21-16-9-4-3-8-15(16)19/h3-4,8-9,14H,5-7,10-13H2,1-2H3. The third-order valence-corrected chi connectivity index (χ3v) is 4.87. The molecule has 1 unspecified atom stereocenters. The van der Waals surface area contributed by atoms with Crippen molar-refractivity contribution in [2.75, 3.05) is 24.6 Å². The summed E-state index contributed by atoms with van der Waals surface area (Å²) in [4.78, 5) is 15.0. The molecule has 0 radical (unpaired) electrons. The molecule has 1 heterocycles. The van der Waals surface area contributed by atoms with E-state index < -0.39 is 0 Å². The predicted octanol–water partition coefficient (Wildman–Crippen LogP) is 3.67. The van der Waals surface area contributed by atoms with E-state index in [1.165, 1.54) is 0 Å². The molecule has 3 heteroatoms. The van der Waals surface area contributed by atoms with E-state index in [2.05, 4.69) is 24.8 Å². The van der Waals surface area contributed by atoms with Gasteiger partial charge in [0, 0.05) is 24.4 Å². The quantitative estimate of drug-likeness (QED) is 0.831. The number of nitrogens with zero attached hydrogens (tertiary/aromatic N) is 1. The van der Waals surface area contributed by atoms with Gasteiger partial charge in [0.1, 0.15) is 11.5 Å². The highest BCUT2D eigenvalue weighted by Crippen LogP contribution is 2.37. The third kappa shape index (κ3) is 2.92. The molecule has 1 fully saturated rings. The van der Waals surface area contributed by atoms with E-state index in [0.29, 0.717) is 5.78 Å². The van der Waals surface area contributed by atoms with Crippen LogP contribution in [0.2, 0.25) is 0 Å². The van der Waals surface area contributed by atoms with Crippen molar-refractivity contribution in [2.24, 2.45) is 11.3 Å². The SMILES string of the molecule is CC1(C)CCCC(CN2CCCOc3ccccc32)C1=O. The van der Waals surface area contributed by atoms with Crippen LogP contribution in [0.5, 0.6) is 5.75 Å². The summed E-state index contributed by atoms with van der Waals surface area (Å²) in [5, 5.41) is 0. The number of carbonyl (C=O) groups is 1. The number of ketones is 1. The van der Waals surface area contributed by atoms with Crippen molar-refractivity contribution in [1.29, 1.82) is 0 Å². The maximum absolute atomic E-state index is 12.7. The van der Waals surface area contributed by atoms with Crippen LogP contribution in [0.15, 0.2) is 24.3 Å². The van der Waals surface area contributed by atoms with Crippen molar-refractivity contribution in [2.45, 2.75) is 39.5 Å². The molecular formula is C18H25NO2. The van der Waals surface area contributed by atoms with E-state index >= 15 is 0 Å². The predicted molar refractivity (Wildman–Crippen MR) is 84.9 cm³/mol. The molecule has 1 atom stereocenters. The van der Waals surface area contributed by atoms with Crippen LogP contribution in [0.25, 0.3) is 0 Å². The number of benzene rings is 1. The number of carbonyl (C=O) groups excluding carboxylic acids is 1. The lowest BCUT2D eigenvalue weighted by atomic mass is 9.71. The fourth-order valence-corrected chi connectivity index (χ4v) is 3.63. The first-order valence-electron chi connectivity index (χ1n) is 8.09. The zero-order chi connectivity index (χ0) is 14.9. The molecule has 3 rings (SSSR count). The van der Waals surface area contributed by atoms with E-state index in [9.17, 15) is 4.79 Å². The normalized spacial score (nSPS) is 25.0. The summed E-state index contributed by atoms with van der Waals surface area (Å²) in [6.45, 7) is 6.77. The van der Waals surface area contributed by atoms with Crippen LogP contribution in [0.3, 0.4) is 0 Å². The second-order valence-electron chi connectivity index (χ2n) is 6.95. The number of para-hydroxylation sites is 2. The van der Waals surface area contributed by atoms with Crippen molar-refractivity contribution in [1.82, 2.24) is 0 Å². The highest BCUT2D eigenvalue weighted by Gasteiger charge is 2.38. The second-order valence-corrected chi connectivity index (χ2v) is 6.95. The maximum Gasteiger partial charge on any atom is 0.143 e. The average molecular weight is 287 g/mol. The molecule has 1 saturated carbocycles. The van der Waals surface area contributed by atoms with Crippen LogP contribution in [-0.4, -0.2) is 25.5 Å². The summed E-state index contributed by atoms with van der Waals surface area (Å²) in [5.41, 5.74) is 0.997. The van der Waals surface area contributed by atoms with Crippen molar-refractivity contribution in [3.8, 4) is 5.75 Å². The number of Topliss-reactive ketones (excluding diaryl/α,β-unsaturated/α-hetero) is 1. The monoisotopic (exact) mass is 287 g/mol. The van der Waals surface area contributed by atoms with Gasteiger partial charge in [0.05, 0.1) is 12.3 Å². The van der Waals surface area contributed by atoms with Crippen LogP contribution in [0, 0.1) is 11.3 Å². The molecule has 0 spiro atoms. The Bertz CT molecular complexity index is 524. The zero-order valence-electron chi connectivity index (χ0n) is 13.1. The molecular weight excluding hydrogens is 262 g/mol. The van der Waals surface area contributed by atoms with Gasteiger partial charge in [-0.15, -0.1) is 0 Å². The highest BCUT2D eigenvalue weighted by molar-refractivity contribution is 5.87. The van der Waals surface area contributed by atoms with Crippen molar-refractivity contribution < 1.29 is 9.53 Å². The van der Waals surface area contributed by atoms with Crippen LogP contribution in [0.1, 0.15) is 39.5 Å². The van der Waals surface area contributed by atoms with Gasteiger partial charge < -0.3 is 9.64 Å². The minimum atomic E-state index is -0.148. The number of rotatable bonds is 2. The van der Waals surface area contributed by atoms with Gasteiger partial charge in [-0.25, -0.2) is 0 Å². The lowest BCUT2D eigenvalue weighted by Crippen LogP contribution is -2.42. The van der Waals surface area contributed by atoms with Crippen molar-refractivity contribution >= 4 is 11.5 Å². The molecule has 0 saturated heterocycles. The molecule has 1 aliphatic heterocycles. The summed E-state index contributed by atoms with van der Waals surface area (Å²) >= 11 is 0. The van der Waals surface area contributed by atoms with E-state index in [1.54, 1.807) is 0 Å². The Hall–Kier alpha value is -1.51. The smallest absolute Gasteiger partial charge is 0.143 e. The molecule has 1 aromatic rings. The Morgan fingerprint density at radius 2 is 2.10 bits per heavy atom. The first-order valence-corrected chi connectivity index (χ1v) is 8.09. The first kappa shape index (κ1) is 14.4. The molecule has 2 aliphatic rings. The molecule has 1 aromatic carbocycles. The van der Waals surface area contributed by atoms with Crippen LogP contribution in [-0.2, 0) is 4.79 Å². The van der Waals surface area contributed by atoms with Crippen LogP contribution >= 0.6 is 0 Å². The average Bonchev–Trinajstić information content (AvgIpc) is 2.67. The Labute approximate surface area is 127 Å². The lowest BCUT2D eigenvalue weighted by Gasteiger charge is -2.36. The summed E-state index contributed by atoms with van der Waals surface area (Å²) in [6, 6.07) is 8.20. The molecule has 3 nitrogen and oxygen atoms in total.